The van der Waals surface area contributed by atoms with E-state index >= 15 is 0 Å². The lowest BCUT2D eigenvalue weighted by Gasteiger charge is -2.36. The molecule has 0 aromatic rings. The summed E-state index contributed by atoms with van der Waals surface area (Å²) in [6, 6.07) is 1.07. The number of aliphatic hydroxyl groups excluding tert-OH is 1. The van der Waals surface area contributed by atoms with Gasteiger partial charge in [-0.2, -0.15) is 0 Å². The van der Waals surface area contributed by atoms with Gasteiger partial charge in [0.1, 0.15) is 0 Å². The maximum absolute atomic E-state index is 8.83. The molecule has 1 saturated heterocycles. The van der Waals surface area contributed by atoms with E-state index in [-0.39, 0.29) is 6.61 Å². The van der Waals surface area contributed by atoms with Crippen LogP contribution in [0.1, 0.15) is 26.7 Å². The summed E-state index contributed by atoms with van der Waals surface area (Å²) in [5.74, 6) is 0.717. The van der Waals surface area contributed by atoms with Crippen LogP contribution in [0.2, 0.25) is 0 Å². The van der Waals surface area contributed by atoms with E-state index in [1.54, 1.807) is 0 Å². The topological polar surface area (TPSA) is 35.5 Å². The molecule has 1 heterocycles. The highest BCUT2D eigenvalue weighted by Crippen LogP contribution is 2.16. The van der Waals surface area contributed by atoms with Gasteiger partial charge < -0.3 is 15.3 Å². The number of aliphatic hydroxyl groups is 1. The molecule has 1 aliphatic rings. The number of nitrogens with one attached hydrogen (secondary N) is 1. The minimum atomic E-state index is 0.287. The Morgan fingerprint density at radius 3 is 2.86 bits per heavy atom. The molecular formula is C11H24N2O. The summed E-state index contributed by atoms with van der Waals surface area (Å²) < 4.78 is 0. The zero-order chi connectivity index (χ0) is 10.6. The Labute approximate surface area is 87.5 Å². The number of piperidine rings is 1. The molecule has 0 aromatic carbocycles. The van der Waals surface area contributed by atoms with Crippen LogP contribution in [-0.4, -0.2) is 48.8 Å². The van der Waals surface area contributed by atoms with Crippen molar-refractivity contribution in [3.05, 3.63) is 0 Å². The fourth-order valence-corrected chi connectivity index (χ4v) is 2.24. The second-order valence-electron chi connectivity index (χ2n) is 4.71. The molecule has 1 fully saturated rings. The molecule has 1 aliphatic heterocycles. The van der Waals surface area contributed by atoms with Gasteiger partial charge in [-0.25, -0.2) is 0 Å². The van der Waals surface area contributed by atoms with Crippen molar-refractivity contribution < 1.29 is 5.11 Å². The van der Waals surface area contributed by atoms with Crippen molar-refractivity contribution in [2.24, 2.45) is 5.92 Å². The molecule has 14 heavy (non-hydrogen) atoms. The molecule has 2 N–H and O–H groups in total. The fraction of sp³-hybridized carbons (Fsp3) is 1.00. The van der Waals surface area contributed by atoms with Crippen molar-refractivity contribution in [1.82, 2.24) is 10.2 Å². The summed E-state index contributed by atoms with van der Waals surface area (Å²) in [5.41, 5.74) is 0. The predicted octanol–water partition coefficient (Wildman–Crippen LogP) is 0.687. The van der Waals surface area contributed by atoms with E-state index in [0.717, 1.165) is 12.3 Å². The van der Waals surface area contributed by atoms with Crippen molar-refractivity contribution in [2.45, 2.75) is 38.8 Å². The minimum absolute atomic E-state index is 0.287. The highest BCUT2D eigenvalue weighted by Gasteiger charge is 2.24. The zero-order valence-corrected chi connectivity index (χ0v) is 9.66. The summed E-state index contributed by atoms with van der Waals surface area (Å²) >= 11 is 0. The number of nitrogens with zero attached hydrogens (tertiary/aromatic N) is 1. The molecule has 0 aromatic heterocycles. The summed E-state index contributed by atoms with van der Waals surface area (Å²) in [6.07, 6.45) is 2.09. The summed E-state index contributed by atoms with van der Waals surface area (Å²) in [6.45, 7) is 7.12. The third kappa shape index (κ3) is 3.56. The number of likely N-dealkylation sites (tertiary alicyclic amines) is 1. The van der Waals surface area contributed by atoms with Gasteiger partial charge in [-0.05, 0) is 39.3 Å². The van der Waals surface area contributed by atoms with Crippen LogP contribution in [-0.2, 0) is 0 Å². The smallest absolute Gasteiger partial charge is 0.0445 e. The molecule has 2 unspecified atom stereocenters. The van der Waals surface area contributed by atoms with Gasteiger partial charge in [0, 0.05) is 25.2 Å². The first-order chi connectivity index (χ1) is 6.63. The largest absolute Gasteiger partial charge is 0.396 e. The molecule has 84 valence electrons. The van der Waals surface area contributed by atoms with Crippen molar-refractivity contribution in [3.63, 3.8) is 0 Å². The van der Waals surface area contributed by atoms with Crippen LogP contribution in [0, 0.1) is 5.92 Å². The third-order valence-corrected chi connectivity index (χ3v) is 3.17. The lowest BCUT2D eigenvalue weighted by atomic mass is 9.93. The molecule has 3 heteroatoms. The van der Waals surface area contributed by atoms with Gasteiger partial charge >= 0.3 is 0 Å². The Hall–Kier alpha value is -0.120. The molecule has 0 radical (unpaired) electrons. The first-order valence-corrected chi connectivity index (χ1v) is 5.69. The monoisotopic (exact) mass is 200 g/mol. The molecule has 3 nitrogen and oxygen atoms in total. The van der Waals surface area contributed by atoms with Crippen LogP contribution in [0.25, 0.3) is 0 Å². The first-order valence-electron chi connectivity index (χ1n) is 5.69. The summed E-state index contributed by atoms with van der Waals surface area (Å²) in [7, 11) is 2.18. The fourth-order valence-electron chi connectivity index (χ4n) is 2.24. The normalized spacial score (nSPS) is 31.7. The van der Waals surface area contributed by atoms with E-state index in [4.69, 9.17) is 5.11 Å². The van der Waals surface area contributed by atoms with Crippen LogP contribution < -0.4 is 5.32 Å². The van der Waals surface area contributed by atoms with Crippen molar-refractivity contribution >= 4 is 0 Å². The first kappa shape index (κ1) is 12.0. The van der Waals surface area contributed by atoms with Gasteiger partial charge in [0.15, 0.2) is 0 Å². The van der Waals surface area contributed by atoms with E-state index < -0.39 is 0 Å². The second-order valence-corrected chi connectivity index (χ2v) is 4.71. The number of hydrogen-bond acceptors (Lipinski definition) is 3. The summed E-state index contributed by atoms with van der Waals surface area (Å²) in [4.78, 5) is 2.39. The van der Waals surface area contributed by atoms with Crippen LogP contribution in [0.5, 0.6) is 0 Å². The molecular weight excluding hydrogens is 176 g/mol. The Balaban J connectivity index is 2.29. The molecule has 3 atom stereocenters. The van der Waals surface area contributed by atoms with Crippen LogP contribution >= 0.6 is 0 Å². The lowest BCUT2D eigenvalue weighted by molar-refractivity contribution is 0.161. The van der Waals surface area contributed by atoms with Gasteiger partial charge in [0.2, 0.25) is 0 Å². The molecule has 0 spiro atoms. The molecule has 0 aliphatic carbocycles. The average Bonchev–Trinajstić information content (AvgIpc) is 2.10. The van der Waals surface area contributed by atoms with Crippen molar-refractivity contribution in [3.8, 4) is 0 Å². The van der Waals surface area contributed by atoms with Gasteiger partial charge in [-0.3, -0.25) is 0 Å². The van der Waals surface area contributed by atoms with Crippen LogP contribution in [0.3, 0.4) is 0 Å². The number of hydrogen-bond donors (Lipinski definition) is 2. The average molecular weight is 200 g/mol. The Kier molecular flexibility index (Phi) is 4.85. The Bertz CT molecular complexity index is 163. The lowest BCUT2D eigenvalue weighted by Crippen LogP contribution is -2.49. The van der Waals surface area contributed by atoms with Crippen molar-refractivity contribution in [2.75, 3.05) is 26.7 Å². The molecule has 0 amide bonds. The Morgan fingerprint density at radius 1 is 1.57 bits per heavy atom. The van der Waals surface area contributed by atoms with Gasteiger partial charge in [-0.1, -0.05) is 6.92 Å². The van der Waals surface area contributed by atoms with E-state index in [9.17, 15) is 0 Å². The summed E-state index contributed by atoms with van der Waals surface area (Å²) in [5, 5.41) is 12.4. The van der Waals surface area contributed by atoms with Gasteiger partial charge in [-0.15, -0.1) is 0 Å². The van der Waals surface area contributed by atoms with Crippen LogP contribution in [0.15, 0.2) is 0 Å². The Morgan fingerprint density at radius 2 is 2.29 bits per heavy atom. The SMILES string of the molecule is CC1CN(C)CCC1N[C@H](C)CCO. The molecule has 0 bridgehead atoms. The van der Waals surface area contributed by atoms with Crippen molar-refractivity contribution in [1.29, 1.82) is 0 Å². The second kappa shape index (κ2) is 5.69. The van der Waals surface area contributed by atoms with Gasteiger partial charge in [0.05, 0.1) is 0 Å². The van der Waals surface area contributed by atoms with E-state index in [0.29, 0.717) is 12.1 Å². The number of rotatable bonds is 4. The maximum atomic E-state index is 8.83. The van der Waals surface area contributed by atoms with Gasteiger partial charge in [0.25, 0.3) is 0 Å². The standard InChI is InChI=1S/C11H24N2O/c1-9-8-13(3)6-4-11(9)12-10(2)5-7-14/h9-12,14H,4-8H2,1-3H3/t9?,10-,11?/m1/s1. The highest BCUT2D eigenvalue weighted by molar-refractivity contribution is 4.83. The zero-order valence-electron chi connectivity index (χ0n) is 9.66. The third-order valence-electron chi connectivity index (χ3n) is 3.17. The van der Waals surface area contributed by atoms with E-state index in [1.807, 2.05) is 0 Å². The maximum Gasteiger partial charge on any atom is 0.0445 e. The van der Waals surface area contributed by atoms with Crippen LogP contribution in [0.4, 0.5) is 0 Å². The van der Waals surface area contributed by atoms with E-state index in [2.05, 4.69) is 31.1 Å². The minimum Gasteiger partial charge on any atom is -0.396 e. The molecule has 0 saturated carbocycles. The quantitative estimate of drug-likeness (QED) is 0.701. The highest BCUT2D eigenvalue weighted by atomic mass is 16.3. The predicted molar refractivity (Wildman–Crippen MR) is 59.4 cm³/mol. The van der Waals surface area contributed by atoms with E-state index in [1.165, 1.54) is 19.5 Å². The molecule has 1 rings (SSSR count).